The van der Waals surface area contributed by atoms with Crippen LogP contribution in [0.15, 0.2) is 24.3 Å². The molecule has 0 saturated carbocycles. The maximum atomic E-state index is 12.6. The largest absolute Gasteiger partial charge is 0.341 e. The van der Waals surface area contributed by atoms with Gasteiger partial charge in [0, 0.05) is 42.9 Å². The molecule has 1 saturated heterocycles. The van der Waals surface area contributed by atoms with Crippen LogP contribution in [-0.4, -0.2) is 52.9 Å². The highest BCUT2D eigenvalue weighted by Gasteiger charge is 2.31. The Kier molecular flexibility index (Phi) is 7.32. The molecule has 0 aliphatic carbocycles. The van der Waals surface area contributed by atoms with Crippen molar-refractivity contribution in [2.24, 2.45) is 0 Å². The van der Waals surface area contributed by atoms with Crippen LogP contribution in [0.4, 0.5) is 5.69 Å². The van der Waals surface area contributed by atoms with Gasteiger partial charge in [-0.3, -0.25) is 19.7 Å². The van der Waals surface area contributed by atoms with Crippen LogP contribution < -0.4 is 10.6 Å². The molecule has 9 heteroatoms. The summed E-state index contributed by atoms with van der Waals surface area (Å²) < 4.78 is 0. The van der Waals surface area contributed by atoms with Gasteiger partial charge in [0.05, 0.1) is 4.92 Å². The van der Waals surface area contributed by atoms with Crippen LogP contribution in [0.3, 0.4) is 0 Å². The molecule has 0 radical (unpaired) electrons. The van der Waals surface area contributed by atoms with Crippen molar-refractivity contribution in [3.8, 4) is 0 Å². The molecule has 2 rings (SSSR count). The van der Waals surface area contributed by atoms with Gasteiger partial charge in [0.2, 0.25) is 5.91 Å². The zero-order valence-electron chi connectivity index (χ0n) is 14.4. The van der Waals surface area contributed by atoms with Gasteiger partial charge in [-0.05, 0) is 26.8 Å². The fourth-order valence-electron chi connectivity index (χ4n) is 2.72. The van der Waals surface area contributed by atoms with Crippen LogP contribution in [0.25, 0.3) is 0 Å². The van der Waals surface area contributed by atoms with Crippen molar-refractivity contribution in [2.75, 3.05) is 13.1 Å². The lowest BCUT2D eigenvalue weighted by molar-refractivity contribution is -0.384. The zero-order chi connectivity index (χ0) is 17.9. The van der Waals surface area contributed by atoms with E-state index in [9.17, 15) is 19.7 Å². The average Bonchev–Trinajstić information content (AvgIpc) is 2.56. The molecular weight excluding hydrogens is 348 g/mol. The van der Waals surface area contributed by atoms with Crippen LogP contribution >= 0.6 is 12.4 Å². The highest BCUT2D eigenvalue weighted by Crippen LogP contribution is 2.14. The number of amides is 2. The summed E-state index contributed by atoms with van der Waals surface area (Å²) in [6.07, 6.45) is 0. The van der Waals surface area contributed by atoms with E-state index in [1.165, 1.54) is 24.3 Å². The summed E-state index contributed by atoms with van der Waals surface area (Å²) in [4.78, 5) is 36.8. The number of hydrogen-bond acceptors (Lipinski definition) is 5. The summed E-state index contributed by atoms with van der Waals surface area (Å²) >= 11 is 0. The lowest BCUT2D eigenvalue weighted by Crippen LogP contribution is -2.60. The van der Waals surface area contributed by atoms with Crippen LogP contribution in [0.2, 0.25) is 0 Å². The first-order valence-corrected chi connectivity index (χ1v) is 7.90. The molecule has 0 bridgehead atoms. The van der Waals surface area contributed by atoms with Gasteiger partial charge in [0.1, 0.15) is 6.04 Å². The zero-order valence-corrected chi connectivity index (χ0v) is 15.2. The van der Waals surface area contributed by atoms with E-state index in [4.69, 9.17) is 0 Å². The standard InChI is InChI=1S/C16H22N4O4.ClH/c1-10-12(3)19(8-7-17-10)16(22)11(2)18-15(21)13-5-4-6-14(9-13)20(23)24;/h4-6,9-12,17H,7-8H2,1-3H3,(H,18,21);1H. The summed E-state index contributed by atoms with van der Waals surface area (Å²) in [7, 11) is 0. The van der Waals surface area contributed by atoms with E-state index in [2.05, 4.69) is 10.6 Å². The lowest BCUT2D eigenvalue weighted by atomic mass is 10.1. The number of piperazine rings is 1. The molecule has 3 unspecified atom stereocenters. The Bertz CT molecular complexity index is 655. The third kappa shape index (κ3) is 4.90. The molecule has 1 fully saturated rings. The molecule has 3 atom stereocenters. The Morgan fingerprint density at radius 1 is 1.40 bits per heavy atom. The van der Waals surface area contributed by atoms with E-state index in [1.54, 1.807) is 11.8 Å². The first-order valence-electron chi connectivity index (χ1n) is 7.90. The van der Waals surface area contributed by atoms with Gasteiger partial charge in [-0.1, -0.05) is 6.07 Å². The topological polar surface area (TPSA) is 105 Å². The maximum Gasteiger partial charge on any atom is 0.270 e. The lowest BCUT2D eigenvalue weighted by Gasteiger charge is -2.39. The second kappa shape index (κ2) is 8.77. The first kappa shape index (κ1) is 20.9. The molecule has 1 aliphatic rings. The van der Waals surface area contributed by atoms with E-state index >= 15 is 0 Å². The number of nitrogens with zero attached hydrogens (tertiary/aromatic N) is 2. The van der Waals surface area contributed by atoms with Gasteiger partial charge in [-0.25, -0.2) is 0 Å². The van der Waals surface area contributed by atoms with Crippen LogP contribution in [0.5, 0.6) is 0 Å². The van der Waals surface area contributed by atoms with Gasteiger partial charge in [0.15, 0.2) is 0 Å². The maximum absolute atomic E-state index is 12.6. The normalized spacial score (nSPS) is 21.0. The molecule has 2 amide bonds. The molecule has 2 N–H and O–H groups in total. The number of rotatable bonds is 4. The predicted molar refractivity (Wildman–Crippen MR) is 95.9 cm³/mol. The summed E-state index contributed by atoms with van der Waals surface area (Å²) in [6.45, 7) is 6.89. The summed E-state index contributed by atoms with van der Waals surface area (Å²) in [6, 6.07) is 4.95. The minimum Gasteiger partial charge on any atom is -0.341 e. The Labute approximate surface area is 152 Å². The number of halogens is 1. The minimum atomic E-state index is -0.704. The van der Waals surface area contributed by atoms with Crippen molar-refractivity contribution in [1.82, 2.24) is 15.5 Å². The number of carbonyl (C=O) groups excluding carboxylic acids is 2. The van der Waals surface area contributed by atoms with Gasteiger partial charge >= 0.3 is 0 Å². The molecule has 0 aromatic heterocycles. The molecule has 1 aromatic rings. The van der Waals surface area contributed by atoms with Crippen molar-refractivity contribution < 1.29 is 14.5 Å². The number of carbonyl (C=O) groups is 2. The van der Waals surface area contributed by atoms with Crippen LogP contribution in [-0.2, 0) is 4.79 Å². The van der Waals surface area contributed by atoms with Gasteiger partial charge in [0.25, 0.3) is 11.6 Å². The number of nitrogens with one attached hydrogen (secondary N) is 2. The quantitative estimate of drug-likeness (QED) is 0.614. The molecule has 1 aromatic carbocycles. The number of nitro groups is 1. The Morgan fingerprint density at radius 2 is 2.08 bits per heavy atom. The monoisotopic (exact) mass is 370 g/mol. The van der Waals surface area contributed by atoms with Crippen molar-refractivity contribution >= 4 is 29.9 Å². The fourth-order valence-corrected chi connectivity index (χ4v) is 2.72. The summed E-state index contributed by atoms with van der Waals surface area (Å²) in [5, 5.41) is 16.7. The van der Waals surface area contributed by atoms with E-state index in [1.807, 2.05) is 13.8 Å². The second-order valence-electron chi connectivity index (χ2n) is 6.02. The Hall–Kier alpha value is -2.19. The van der Waals surface area contributed by atoms with E-state index in [-0.39, 0.29) is 41.6 Å². The predicted octanol–water partition coefficient (Wildman–Crippen LogP) is 1.34. The highest BCUT2D eigenvalue weighted by atomic mass is 35.5. The molecule has 25 heavy (non-hydrogen) atoms. The van der Waals surface area contributed by atoms with Crippen LogP contribution in [0, 0.1) is 10.1 Å². The summed E-state index contributed by atoms with van der Waals surface area (Å²) in [5.74, 6) is -0.662. The average molecular weight is 371 g/mol. The molecule has 1 aliphatic heterocycles. The number of benzene rings is 1. The molecule has 8 nitrogen and oxygen atoms in total. The SMILES string of the molecule is CC(NC(=O)c1cccc([N+](=O)[O-])c1)C(=O)N1CCNC(C)C1C.Cl. The number of hydrogen-bond donors (Lipinski definition) is 2. The van der Waals surface area contributed by atoms with Crippen molar-refractivity contribution in [3.63, 3.8) is 0 Å². The smallest absolute Gasteiger partial charge is 0.270 e. The molecule has 0 spiro atoms. The van der Waals surface area contributed by atoms with Gasteiger partial charge in [-0.2, -0.15) is 0 Å². The van der Waals surface area contributed by atoms with Crippen molar-refractivity contribution in [3.05, 3.63) is 39.9 Å². The first-order chi connectivity index (χ1) is 11.3. The number of nitro benzene ring substituents is 1. The third-order valence-electron chi connectivity index (χ3n) is 4.35. The van der Waals surface area contributed by atoms with Crippen molar-refractivity contribution in [2.45, 2.75) is 38.9 Å². The highest BCUT2D eigenvalue weighted by molar-refractivity contribution is 5.97. The molecule has 138 valence electrons. The summed E-state index contributed by atoms with van der Waals surface area (Å²) in [5.41, 5.74) is -0.00300. The fraction of sp³-hybridized carbons (Fsp3) is 0.500. The van der Waals surface area contributed by atoms with Gasteiger partial charge < -0.3 is 15.5 Å². The molecule has 1 heterocycles. The van der Waals surface area contributed by atoms with Gasteiger partial charge in [-0.15, -0.1) is 12.4 Å². The van der Waals surface area contributed by atoms with E-state index in [0.717, 1.165) is 0 Å². The minimum absolute atomic E-state index is 0. The van der Waals surface area contributed by atoms with E-state index in [0.29, 0.717) is 13.1 Å². The molecular formula is C16H23ClN4O4. The second-order valence-corrected chi connectivity index (χ2v) is 6.02. The number of non-ortho nitro benzene ring substituents is 1. The van der Waals surface area contributed by atoms with Crippen LogP contribution in [0.1, 0.15) is 31.1 Å². The Balaban J connectivity index is 0.00000312. The van der Waals surface area contributed by atoms with Crippen molar-refractivity contribution in [1.29, 1.82) is 0 Å². The van der Waals surface area contributed by atoms with E-state index < -0.39 is 16.9 Å². The third-order valence-corrected chi connectivity index (χ3v) is 4.35. The Morgan fingerprint density at radius 3 is 2.72 bits per heavy atom.